The van der Waals surface area contributed by atoms with Crippen LogP contribution >= 0.6 is 11.3 Å². The molecule has 0 amide bonds. The Morgan fingerprint density at radius 2 is 1.94 bits per heavy atom. The number of halogens is 1. The Morgan fingerprint density at radius 1 is 1.17 bits per heavy atom. The first kappa shape index (κ1) is 13.1. The van der Waals surface area contributed by atoms with E-state index in [1.807, 2.05) is 0 Å². The predicted molar refractivity (Wildman–Crippen MR) is 72.3 cm³/mol. The third-order valence-corrected chi connectivity index (χ3v) is 3.95. The molecule has 96 valence electrons. The smallest absolute Gasteiger partial charge is 0.123 e. The van der Waals surface area contributed by atoms with Gasteiger partial charge in [-0.25, -0.2) is 4.39 Å². The van der Waals surface area contributed by atoms with Crippen molar-refractivity contribution in [2.45, 2.75) is 26.4 Å². The van der Waals surface area contributed by atoms with E-state index in [-0.39, 0.29) is 11.6 Å². The van der Waals surface area contributed by atoms with Gasteiger partial charge in [0.25, 0.3) is 0 Å². The second-order valence-electron chi connectivity index (χ2n) is 4.10. The monoisotopic (exact) mass is 265 g/mol. The minimum absolute atomic E-state index is 0.129. The minimum Gasteiger partial charge on any atom is -0.508 e. The summed E-state index contributed by atoms with van der Waals surface area (Å²) in [6, 6.07) is 8.22. The quantitative estimate of drug-likeness (QED) is 0.868. The molecule has 0 aliphatic heterocycles. The fraction of sp³-hybridized carbons (Fsp3) is 0.286. The molecule has 1 aromatic heterocycles. The number of benzene rings is 1. The third-order valence-electron chi connectivity index (χ3n) is 2.72. The van der Waals surface area contributed by atoms with E-state index in [9.17, 15) is 9.50 Å². The van der Waals surface area contributed by atoms with Gasteiger partial charge in [0.05, 0.1) is 0 Å². The topological polar surface area (TPSA) is 32.3 Å². The summed E-state index contributed by atoms with van der Waals surface area (Å²) in [5.41, 5.74) is 0.585. The average molecular weight is 265 g/mol. The molecule has 0 saturated heterocycles. The van der Waals surface area contributed by atoms with Gasteiger partial charge in [-0.05, 0) is 36.8 Å². The van der Waals surface area contributed by atoms with E-state index < -0.39 is 0 Å². The molecule has 1 aromatic carbocycles. The van der Waals surface area contributed by atoms with Crippen LogP contribution in [0, 0.1) is 5.82 Å². The van der Waals surface area contributed by atoms with Crippen molar-refractivity contribution in [3.8, 4) is 5.75 Å². The molecule has 0 spiro atoms. The largest absolute Gasteiger partial charge is 0.508 e. The molecule has 0 bridgehead atoms. The highest BCUT2D eigenvalue weighted by Gasteiger charge is 2.03. The lowest BCUT2D eigenvalue weighted by Gasteiger charge is -2.06. The maximum Gasteiger partial charge on any atom is 0.123 e. The lowest BCUT2D eigenvalue weighted by atomic mass is 10.2. The molecule has 2 N–H and O–H groups in total. The normalized spacial score (nSPS) is 10.8. The summed E-state index contributed by atoms with van der Waals surface area (Å²) in [5, 5.41) is 12.8. The Bertz CT molecular complexity index is 524. The first-order chi connectivity index (χ1) is 8.69. The highest BCUT2D eigenvalue weighted by Crippen LogP contribution is 2.19. The molecule has 1 heterocycles. The Hall–Kier alpha value is -1.39. The second kappa shape index (κ2) is 5.98. The number of phenols is 1. The number of aromatic hydroxyl groups is 1. The molecule has 2 nitrogen and oxygen atoms in total. The summed E-state index contributed by atoms with van der Waals surface area (Å²) >= 11 is 1.78. The maximum absolute atomic E-state index is 13.0. The van der Waals surface area contributed by atoms with E-state index in [0.717, 1.165) is 13.0 Å². The zero-order chi connectivity index (χ0) is 13.0. The summed E-state index contributed by atoms with van der Waals surface area (Å²) in [6.45, 7) is 3.33. The van der Waals surface area contributed by atoms with Gasteiger partial charge < -0.3 is 10.4 Å². The fourth-order valence-corrected chi connectivity index (χ4v) is 2.65. The van der Waals surface area contributed by atoms with E-state index in [1.165, 1.54) is 28.0 Å². The molecule has 2 rings (SSSR count). The van der Waals surface area contributed by atoms with Gasteiger partial charge in [-0.2, -0.15) is 0 Å². The number of nitrogens with one attached hydrogen (secondary N) is 1. The van der Waals surface area contributed by atoms with Crippen molar-refractivity contribution in [3.63, 3.8) is 0 Å². The Balaban J connectivity index is 1.90. The number of aryl methyl sites for hydroxylation is 1. The molecule has 18 heavy (non-hydrogen) atoms. The average Bonchev–Trinajstić information content (AvgIpc) is 2.81. The van der Waals surface area contributed by atoms with Crippen molar-refractivity contribution in [1.29, 1.82) is 0 Å². The van der Waals surface area contributed by atoms with Crippen LogP contribution in [0.15, 0.2) is 30.3 Å². The van der Waals surface area contributed by atoms with E-state index in [2.05, 4.69) is 24.4 Å². The van der Waals surface area contributed by atoms with Crippen molar-refractivity contribution in [1.82, 2.24) is 5.32 Å². The summed E-state index contributed by atoms with van der Waals surface area (Å²) in [6.07, 6.45) is 1.05. The summed E-state index contributed by atoms with van der Waals surface area (Å²) < 4.78 is 13.0. The molecule has 0 fully saturated rings. The Labute approximate surface area is 110 Å². The molecule has 2 aromatic rings. The lowest BCUT2D eigenvalue weighted by Crippen LogP contribution is -2.12. The molecule has 0 aliphatic carbocycles. The number of phenolic OH excluding ortho intramolecular Hbond substituents is 1. The van der Waals surface area contributed by atoms with Crippen LogP contribution < -0.4 is 5.32 Å². The zero-order valence-electron chi connectivity index (χ0n) is 10.2. The van der Waals surface area contributed by atoms with Gasteiger partial charge in [-0.1, -0.05) is 6.92 Å². The Morgan fingerprint density at radius 3 is 2.67 bits per heavy atom. The minimum atomic E-state index is -0.325. The van der Waals surface area contributed by atoms with Crippen LogP contribution in [0.2, 0.25) is 0 Å². The Kier molecular flexibility index (Phi) is 4.33. The number of hydrogen-bond donors (Lipinski definition) is 2. The van der Waals surface area contributed by atoms with Gasteiger partial charge in [-0.15, -0.1) is 11.3 Å². The van der Waals surface area contributed by atoms with Crippen molar-refractivity contribution in [2.24, 2.45) is 0 Å². The van der Waals surface area contributed by atoms with Gasteiger partial charge in [0.2, 0.25) is 0 Å². The molecule has 0 atom stereocenters. The lowest BCUT2D eigenvalue weighted by molar-refractivity contribution is 0.461. The first-order valence-corrected chi connectivity index (χ1v) is 6.76. The first-order valence-electron chi connectivity index (χ1n) is 5.94. The molecule has 0 unspecified atom stereocenters. The molecular formula is C14H16FNOS. The molecule has 0 saturated carbocycles. The van der Waals surface area contributed by atoms with E-state index >= 15 is 0 Å². The van der Waals surface area contributed by atoms with Crippen molar-refractivity contribution < 1.29 is 9.50 Å². The van der Waals surface area contributed by atoms with E-state index in [4.69, 9.17) is 0 Å². The number of thiophene rings is 1. The zero-order valence-corrected chi connectivity index (χ0v) is 11.1. The van der Waals surface area contributed by atoms with Crippen LogP contribution in [0.25, 0.3) is 0 Å². The molecular weight excluding hydrogens is 249 g/mol. The van der Waals surface area contributed by atoms with Gasteiger partial charge in [0, 0.05) is 28.4 Å². The summed E-state index contributed by atoms with van der Waals surface area (Å²) in [7, 11) is 0. The van der Waals surface area contributed by atoms with Crippen molar-refractivity contribution >= 4 is 11.3 Å². The number of rotatable bonds is 5. The van der Waals surface area contributed by atoms with Crippen LogP contribution in [-0.2, 0) is 19.5 Å². The second-order valence-corrected chi connectivity index (χ2v) is 5.35. The van der Waals surface area contributed by atoms with Gasteiger partial charge in [0.15, 0.2) is 0 Å². The van der Waals surface area contributed by atoms with E-state index in [1.54, 1.807) is 11.3 Å². The number of hydrogen-bond acceptors (Lipinski definition) is 3. The van der Waals surface area contributed by atoms with E-state index in [0.29, 0.717) is 12.1 Å². The summed E-state index contributed by atoms with van der Waals surface area (Å²) in [5.74, 6) is -0.196. The van der Waals surface area contributed by atoms with Crippen LogP contribution in [0.1, 0.15) is 22.2 Å². The van der Waals surface area contributed by atoms with Crippen LogP contribution in [0.5, 0.6) is 5.75 Å². The standard InChI is InChI=1S/C14H16FNOS/c1-2-12-4-5-13(18-12)9-16-8-10-7-11(15)3-6-14(10)17/h3-7,16-17H,2,8-9H2,1H3. The third kappa shape index (κ3) is 3.31. The van der Waals surface area contributed by atoms with Crippen LogP contribution in [0.3, 0.4) is 0 Å². The molecule has 0 aliphatic rings. The SMILES string of the molecule is CCc1ccc(CNCc2cc(F)ccc2O)s1. The van der Waals surface area contributed by atoms with Crippen LogP contribution in [0.4, 0.5) is 4.39 Å². The van der Waals surface area contributed by atoms with Crippen LogP contribution in [-0.4, -0.2) is 5.11 Å². The molecule has 0 radical (unpaired) electrons. The highest BCUT2D eigenvalue weighted by molar-refractivity contribution is 7.11. The predicted octanol–water partition coefficient (Wildman–Crippen LogP) is 3.45. The van der Waals surface area contributed by atoms with Gasteiger partial charge in [-0.3, -0.25) is 0 Å². The van der Waals surface area contributed by atoms with Gasteiger partial charge in [0.1, 0.15) is 11.6 Å². The summed E-state index contributed by atoms with van der Waals surface area (Å²) in [4.78, 5) is 2.61. The van der Waals surface area contributed by atoms with Gasteiger partial charge >= 0.3 is 0 Å². The van der Waals surface area contributed by atoms with Crippen molar-refractivity contribution in [3.05, 3.63) is 51.5 Å². The fourth-order valence-electron chi connectivity index (χ4n) is 1.72. The molecule has 4 heteroatoms. The highest BCUT2D eigenvalue weighted by atomic mass is 32.1. The maximum atomic E-state index is 13.0. The van der Waals surface area contributed by atoms with Crippen molar-refractivity contribution in [2.75, 3.05) is 0 Å².